The molecule has 1 aliphatic rings. The standard InChI is InChI=1S/C18H21N7O/c1-12(26)25-7-6-17-15(11-25)18(22-24(17)3)21-14-4-5-16(19-9-14)13-8-20-23(2)10-13/h4-5,8-10H,6-7,11H2,1-3H3,(H,21,22). The van der Waals surface area contributed by atoms with Gasteiger partial charge in [0.05, 0.1) is 30.3 Å². The monoisotopic (exact) mass is 351 g/mol. The molecule has 8 heteroatoms. The maximum absolute atomic E-state index is 11.7. The van der Waals surface area contributed by atoms with Gasteiger partial charge < -0.3 is 10.2 Å². The summed E-state index contributed by atoms with van der Waals surface area (Å²) < 4.78 is 3.65. The van der Waals surface area contributed by atoms with E-state index in [0.717, 1.165) is 41.3 Å². The molecule has 0 saturated heterocycles. The number of rotatable bonds is 3. The highest BCUT2D eigenvalue weighted by atomic mass is 16.2. The predicted molar refractivity (Wildman–Crippen MR) is 97.7 cm³/mol. The fourth-order valence-corrected chi connectivity index (χ4v) is 3.29. The van der Waals surface area contributed by atoms with Gasteiger partial charge in [-0.3, -0.25) is 19.1 Å². The zero-order chi connectivity index (χ0) is 18.3. The third-order valence-electron chi connectivity index (χ3n) is 4.71. The lowest BCUT2D eigenvalue weighted by atomic mass is 10.1. The minimum atomic E-state index is 0.0907. The molecule has 3 aromatic rings. The largest absolute Gasteiger partial charge is 0.338 e. The van der Waals surface area contributed by atoms with Crippen molar-refractivity contribution in [3.05, 3.63) is 42.0 Å². The Labute approximate surface area is 151 Å². The van der Waals surface area contributed by atoms with Gasteiger partial charge in [0.25, 0.3) is 0 Å². The van der Waals surface area contributed by atoms with E-state index in [4.69, 9.17) is 0 Å². The second kappa shape index (κ2) is 6.29. The van der Waals surface area contributed by atoms with Crippen molar-refractivity contribution in [1.29, 1.82) is 0 Å². The van der Waals surface area contributed by atoms with Crippen LogP contribution in [-0.4, -0.2) is 41.9 Å². The molecule has 3 aromatic heterocycles. The van der Waals surface area contributed by atoms with Gasteiger partial charge in [-0.25, -0.2) is 0 Å². The molecule has 1 N–H and O–H groups in total. The number of nitrogens with zero attached hydrogens (tertiary/aromatic N) is 6. The molecule has 0 unspecified atom stereocenters. The number of pyridine rings is 1. The SMILES string of the molecule is CC(=O)N1CCc2c(c(Nc3ccc(-c4cnn(C)c4)nc3)nn2C)C1. The second-order valence-corrected chi connectivity index (χ2v) is 6.55. The summed E-state index contributed by atoms with van der Waals surface area (Å²) in [4.78, 5) is 18.1. The van der Waals surface area contributed by atoms with Crippen LogP contribution in [0.4, 0.5) is 11.5 Å². The summed E-state index contributed by atoms with van der Waals surface area (Å²) in [6.45, 7) is 2.93. The van der Waals surface area contributed by atoms with E-state index in [9.17, 15) is 4.79 Å². The van der Waals surface area contributed by atoms with E-state index >= 15 is 0 Å². The van der Waals surface area contributed by atoms with Crippen molar-refractivity contribution in [3.8, 4) is 11.3 Å². The third kappa shape index (κ3) is 2.94. The number of aromatic nitrogens is 5. The molecular formula is C18H21N7O. The number of nitrogens with one attached hydrogen (secondary N) is 1. The molecule has 1 aliphatic heterocycles. The van der Waals surface area contributed by atoms with E-state index in [1.54, 1.807) is 24.0 Å². The Morgan fingerprint density at radius 3 is 2.73 bits per heavy atom. The van der Waals surface area contributed by atoms with E-state index in [1.807, 2.05) is 42.0 Å². The fraction of sp³-hybridized carbons (Fsp3) is 0.333. The molecule has 0 aliphatic carbocycles. The van der Waals surface area contributed by atoms with Gasteiger partial charge in [-0.15, -0.1) is 0 Å². The van der Waals surface area contributed by atoms with Crippen molar-refractivity contribution in [2.45, 2.75) is 19.9 Å². The first-order chi connectivity index (χ1) is 12.5. The van der Waals surface area contributed by atoms with Crippen LogP contribution in [0.1, 0.15) is 18.2 Å². The molecule has 26 heavy (non-hydrogen) atoms. The Kier molecular flexibility index (Phi) is 3.95. The number of hydrogen-bond acceptors (Lipinski definition) is 5. The van der Waals surface area contributed by atoms with Crippen molar-refractivity contribution in [1.82, 2.24) is 29.4 Å². The smallest absolute Gasteiger partial charge is 0.219 e. The molecule has 0 bridgehead atoms. The summed E-state index contributed by atoms with van der Waals surface area (Å²) in [5.74, 6) is 0.873. The van der Waals surface area contributed by atoms with E-state index in [0.29, 0.717) is 6.54 Å². The predicted octanol–water partition coefficient (Wildman–Crippen LogP) is 1.86. The van der Waals surface area contributed by atoms with Gasteiger partial charge in [-0.1, -0.05) is 0 Å². The second-order valence-electron chi connectivity index (χ2n) is 6.55. The van der Waals surface area contributed by atoms with Crippen molar-refractivity contribution < 1.29 is 4.79 Å². The lowest BCUT2D eigenvalue weighted by Gasteiger charge is -2.26. The fourth-order valence-electron chi connectivity index (χ4n) is 3.29. The quantitative estimate of drug-likeness (QED) is 0.779. The number of aryl methyl sites for hydroxylation is 2. The summed E-state index contributed by atoms with van der Waals surface area (Å²) in [5, 5.41) is 12.1. The van der Waals surface area contributed by atoms with Crippen LogP contribution in [0, 0.1) is 0 Å². The number of carbonyl (C=O) groups excluding carboxylic acids is 1. The number of hydrogen-bond donors (Lipinski definition) is 1. The van der Waals surface area contributed by atoms with Gasteiger partial charge in [-0.05, 0) is 12.1 Å². The number of fused-ring (bicyclic) bond motifs is 1. The first-order valence-electron chi connectivity index (χ1n) is 8.53. The first-order valence-corrected chi connectivity index (χ1v) is 8.53. The lowest BCUT2D eigenvalue weighted by Crippen LogP contribution is -2.34. The van der Waals surface area contributed by atoms with E-state index in [-0.39, 0.29) is 5.91 Å². The lowest BCUT2D eigenvalue weighted by molar-refractivity contribution is -0.129. The summed E-state index contributed by atoms with van der Waals surface area (Å²) in [6.07, 6.45) is 6.33. The first kappa shape index (κ1) is 16.3. The Morgan fingerprint density at radius 2 is 2.08 bits per heavy atom. The molecule has 4 rings (SSSR count). The van der Waals surface area contributed by atoms with Gasteiger partial charge in [-0.2, -0.15) is 10.2 Å². The average molecular weight is 351 g/mol. The van der Waals surface area contributed by atoms with Crippen LogP contribution in [0.25, 0.3) is 11.3 Å². The highest BCUT2D eigenvalue weighted by Gasteiger charge is 2.25. The summed E-state index contributed by atoms with van der Waals surface area (Å²) >= 11 is 0. The highest BCUT2D eigenvalue weighted by molar-refractivity contribution is 5.74. The molecular weight excluding hydrogens is 330 g/mol. The van der Waals surface area contributed by atoms with Crippen molar-refractivity contribution in [3.63, 3.8) is 0 Å². The molecule has 0 saturated carbocycles. The Morgan fingerprint density at radius 1 is 1.23 bits per heavy atom. The number of carbonyl (C=O) groups is 1. The van der Waals surface area contributed by atoms with Gasteiger partial charge in [0.1, 0.15) is 0 Å². The van der Waals surface area contributed by atoms with Crippen molar-refractivity contribution >= 4 is 17.4 Å². The van der Waals surface area contributed by atoms with Crippen LogP contribution >= 0.6 is 0 Å². The van der Waals surface area contributed by atoms with Crippen LogP contribution in [0.15, 0.2) is 30.7 Å². The van der Waals surface area contributed by atoms with Crippen molar-refractivity contribution in [2.24, 2.45) is 14.1 Å². The van der Waals surface area contributed by atoms with Gasteiger partial charge in [0, 0.05) is 57.0 Å². The van der Waals surface area contributed by atoms with E-state index in [1.165, 1.54) is 5.69 Å². The number of anilines is 2. The molecule has 4 heterocycles. The molecule has 0 aromatic carbocycles. The normalized spacial score (nSPS) is 13.6. The zero-order valence-electron chi connectivity index (χ0n) is 15.1. The van der Waals surface area contributed by atoms with Gasteiger partial charge in [0.2, 0.25) is 5.91 Å². The molecule has 0 spiro atoms. The molecule has 0 radical (unpaired) electrons. The Hall–Kier alpha value is -3.16. The van der Waals surface area contributed by atoms with Crippen molar-refractivity contribution in [2.75, 3.05) is 11.9 Å². The molecule has 134 valence electrons. The Bertz CT molecular complexity index is 955. The van der Waals surface area contributed by atoms with Crippen LogP contribution in [0.5, 0.6) is 0 Å². The van der Waals surface area contributed by atoms with E-state index < -0.39 is 0 Å². The van der Waals surface area contributed by atoms with Crippen LogP contribution in [-0.2, 0) is 31.9 Å². The summed E-state index contributed by atoms with van der Waals surface area (Å²) in [6, 6.07) is 3.93. The number of amides is 1. The third-order valence-corrected chi connectivity index (χ3v) is 4.71. The van der Waals surface area contributed by atoms with Gasteiger partial charge >= 0.3 is 0 Å². The average Bonchev–Trinajstić information content (AvgIpc) is 3.19. The highest BCUT2D eigenvalue weighted by Crippen LogP contribution is 2.28. The van der Waals surface area contributed by atoms with Gasteiger partial charge in [0.15, 0.2) is 5.82 Å². The van der Waals surface area contributed by atoms with Crippen LogP contribution in [0.3, 0.4) is 0 Å². The maximum Gasteiger partial charge on any atom is 0.219 e. The Balaban J connectivity index is 1.57. The molecule has 1 amide bonds. The summed E-state index contributed by atoms with van der Waals surface area (Å²) in [5.41, 5.74) is 4.95. The van der Waals surface area contributed by atoms with Crippen LogP contribution < -0.4 is 5.32 Å². The topological polar surface area (TPSA) is 80.9 Å². The molecule has 8 nitrogen and oxygen atoms in total. The molecule has 0 fully saturated rings. The van der Waals surface area contributed by atoms with Crippen LogP contribution in [0.2, 0.25) is 0 Å². The minimum absolute atomic E-state index is 0.0907. The van der Waals surface area contributed by atoms with E-state index in [2.05, 4.69) is 20.5 Å². The summed E-state index contributed by atoms with van der Waals surface area (Å²) in [7, 11) is 3.82. The minimum Gasteiger partial charge on any atom is -0.338 e. The molecule has 0 atom stereocenters. The zero-order valence-corrected chi connectivity index (χ0v) is 15.1. The maximum atomic E-state index is 11.7.